The van der Waals surface area contributed by atoms with Gasteiger partial charge in [-0.15, -0.1) is 11.3 Å². The normalized spacial score (nSPS) is 12.3. The lowest BCUT2D eigenvalue weighted by molar-refractivity contribution is -0.384. The largest absolute Gasteiger partial charge is 0.322 e. The van der Waals surface area contributed by atoms with E-state index in [1.54, 1.807) is 12.1 Å². The summed E-state index contributed by atoms with van der Waals surface area (Å²) in [6.07, 6.45) is 0.840. The molecule has 0 aliphatic heterocycles. The summed E-state index contributed by atoms with van der Waals surface area (Å²) in [7, 11) is 0. The van der Waals surface area contributed by atoms with Gasteiger partial charge in [-0.2, -0.15) is 0 Å². The predicted octanol–water partition coefficient (Wildman–Crippen LogP) is 3.13. The van der Waals surface area contributed by atoms with Crippen molar-refractivity contribution >= 4 is 17.0 Å². The van der Waals surface area contributed by atoms with Gasteiger partial charge < -0.3 is 5.73 Å². The average Bonchev–Trinajstić information content (AvgIpc) is 2.87. The molecule has 1 aromatic carbocycles. The first-order valence-corrected chi connectivity index (χ1v) is 6.45. The molecule has 2 N–H and O–H groups in total. The molecule has 0 spiro atoms. The van der Waals surface area contributed by atoms with Crippen molar-refractivity contribution in [1.29, 1.82) is 0 Å². The van der Waals surface area contributed by atoms with Crippen LogP contribution in [-0.4, -0.2) is 9.91 Å². The Morgan fingerprint density at radius 2 is 2.11 bits per heavy atom. The molecule has 0 saturated carbocycles. The summed E-state index contributed by atoms with van der Waals surface area (Å²) >= 11 is 1.52. The number of nitrogens with zero attached hydrogens (tertiary/aromatic N) is 2. The summed E-state index contributed by atoms with van der Waals surface area (Å²) in [6.45, 7) is 2.01. The molecule has 2 rings (SSSR count). The van der Waals surface area contributed by atoms with Crippen molar-refractivity contribution < 1.29 is 4.92 Å². The molecule has 0 aliphatic rings. The van der Waals surface area contributed by atoms with Crippen LogP contribution in [-0.2, 0) is 0 Å². The van der Waals surface area contributed by atoms with E-state index in [1.165, 1.54) is 23.5 Å². The van der Waals surface area contributed by atoms with E-state index in [1.807, 2.05) is 12.3 Å². The Morgan fingerprint density at radius 1 is 1.44 bits per heavy atom. The van der Waals surface area contributed by atoms with Crippen molar-refractivity contribution in [3.8, 4) is 11.3 Å². The van der Waals surface area contributed by atoms with Crippen LogP contribution in [0.15, 0.2) is 29.6 Å². The van der Waals surface area contributed by atoms with Crippen LogP contribution in [0.5, 0.6) is 0 Å². The van der Waals surface area contributed by atoms with Gasteiger partial charge in [0.2, 0.25) is 0 Å². The third kappa shape index (κ3) is 2.55. The predicted molar refractivity (Wildman–Crippen MR) is 71.4 cm³/mol. The zero-order chi connectivity index (χ0) is 13.1. The molecule has 5 nitrogen and oxygen atoms in total. The van der Waals surface area contributed by atoms with Crippen LogP contribution < -0.4 is 5.73 Å². The molecule has 0 bridgehead atoms. The molecule has 94 valence electrons. The number of hydrogen-bond donors (Lipinski definition) is 1. The van der Waals surface area contributed by atoms with Crippen LogP contribution >= 0.6 is 11.3 Å². The van der Waals surface area contributed by atoms with Gasteiger partial charge in [-0.25, -0.2) is 4.98 Å². The van der Waals surface area contributed by atoms with Gasteiger partial charge in [-0.1, -0.05) is 6.92 Å². The van der Waals surface area contributed by atoms with Crippen LogP contribution in [0, 0.1) is 10.1 Å². The molecular formula is C12H13N3O2S. The minimum absolute atomic E-state index is 0.0400. The second-order valence-electron chi connectivity index (χ2n) is 3.89. The fraction of sp³-hybridized carbons (Fsp3) is 0.250. The molecule has 6 heteroatoms. The molecule has 18 heavy (non-hydrogen) atoms. The smallest absolute Gasteiger partial charge is 0.269 e. The molecular weight excluding hydrogens is 250 g/mol. The lowest BCUT2D eigenvalue weighted by atomic mass is 10.1. The third-order valence-corrected chi connectivity index (χ3v) is 3.63. The first-order valence-electron chi connectivity index (χ1n) is 5.57. The standard InChI is InChI=1S/C12H13N3O2S/c1-2-10(13)12-14-11(7-18-12)8-3-5-9(6-4-8)15(16)17/h3-7,10H,2,13H2,1H3. The molecule has 2 aromatic rings. The number of thiazole rings is 1. The Labute approximate surface area is 108 Å². The average molecular weight is 263 g/mol. The van der Waals surface area contributed by atoms with E-state index in [2.05, 4.69) is 4.98 Å². The summed E-state index contributed by atoms with van der Waals surface area (Å²) < 4.78 is 0. The molecule has 1 aromatic heterocycles. The van der Waals surface area contributed by atoms with Gasteiger partial charge in [0, 0.05) is 23.1 Å². The van der Waals surface area contributed by atoms with Crippen molar-refractivity contribution in [2.75, 3.05) is 0 Å². The van der Waals surface area contributed by atoms with Crippen LogP contribution in [0.3, 0.4) is 0 Å². The Hall–Kier alpha value is -1.79. The highest BCUT2D eigenvalue weighted by Gasteiger charge is 2.11. The second kappa shape index (κ2) is 5.24. The van der Waals surface area contributed by atoms with Crippen LogP contribution in [0.2, 0.25) is 0 Å². The third-order valence-electron chi connectivity index (χ3n) is 2.65. The Kier molecular flexibility index (Phi) is 3.69. The topological polar surface area (TPSA) is 82.0 Å². The molecule has 0 fully saturated rings. The van der Waals surface area contributed by atoms with Gasteiger partial charge in [-0.05, 0) is 18.6 Å². The van der Waals surface area contributed by atoms with Crippen molar-refractivity contribution in [3.05, 3.63) is 44.8 Å². The Bertz CT molecular complexity index is 551. The summed E-state index contributed by atoms with van der Waals surface area (Å²) in [4.78, 5) is 14.6. The lowest BCUT2D eigenvalue weighted by Crippen LogP contribution is -2.07. The van der Waals surface area contributed by atoms with Crippen molar-refractivity contribution in [2.45, 2.75) is 19.4 Å². The van der Waals surface area contributed by atoms with E-state index >= 15 is 0 Å². The number of aromatic nitrogens is 1. The maximum atomic E-state index is 10.6. The molecule has 0 amide bonds. The number of rotatable bonds is 4. The van der Waals surface area contributed by atoms with Crippen LogP contribution in [0.25, 0.3) is 11.3 Å². The first kappa shape index (κ1) is 12.7. The molecule has 0 radical (unpaired) electrons. The molecule has 1 heterocycles. The lowest BCUT2D eigenvalue weighted by Gasteiger charge is -2.02. The van der Waals surface area contributed by atoms with E-state index in [0.29, 0.717) is 0 Å². The van der Waals surface area contributed by atoms with Crippen molar-refractivity contribution in [3.63, 3.8) is 0 Å². The zero-order valence-corrected chi connectivity index (χ0v) is 10.7. The number of nitro benzene ring substituents is 1. The number of benzene rings is 1. The Balaban J connectivity index is 2.26. The summed E-state index contributed by atoms with van der Waals surface area (Å²) in [5.74, 6) is 0. The van der Waals surface area contributed by atoms with E-state index in [9.17, 15) is 10.1 Å². The van der Waals surface area contributed by atoms with Gasteiger partial charge in [0.1, 0.15) is 5.01 Å². The van der Waals surface area contributed by atoms with Gasteiger partial charge in [0.25, 0.3) is 5.69 Å². The zero-order valence-electron chi connectivity index (χ0n) is 9.87. The van der Waals surface area contributed by atoms with Crippen molar-refractivity contribution in [2.24, 2.45) is 5.73 Å². The van der Waals surface area contributed by atoms with Crippen LogP contribution in [0.1, 0.15) is 24.4 Å². The maximum Gasteiger partial charge on any atom is 0.269 e. The first-order chi connectivity index (χ1) is 8.61. The van der Waals surface area contributed by atoms with Crippen LogP contribution in [0.4, 0.5) is 5.69 Å². The van der Waals surface area contributed by atoms with E-state index < -0.39 is 4.92 Å². The molecule has 0 aliphatic carbocycles. The minimum atomic E-state index is -0.413. The highest BCUT2D eigenvalue weighted by atomic mass is 32.1. The van der Waals surface area contributed by atoms with E-state index in [4.69, 9.17) is 5.73 Å². The monoisotopic (exact) mass is 263 g/mol. The van der Waals surface area contributed by atoms with E-state index in [-0.39, 0.29) is 11.7 Å². The quantitative estimate of drug-likeness (QED) is 0.678. The molecule has 1 unspecified atom stereocenters. The van der Waals surface area contributed by atoms with E-state index in [0.717, 1.165) is 22.7 Å². The van der Waals surface area contributed by atoms with Crippen molar-refractivity contribution in [1.82, 2.24) is 4.98 Å². The molecule has 1 atom stereocenters. The number of non-ortho nitro benzene ring substituents is 1. The van der Waals surface area contributed by atoms with Gasteiger partial charge in [0.15, 0.2) is 0 Å². The summed E-state index contributed by atoms with van der Waals surface area (Å²) in [5, 5.41) is 13.4. The number of nitro groups is 1. The minimum Gasteiger partial charge on any atom is -0.322 e. The highest BCUT2D eigenvalue weighted by molar-refractivity contribution is 7.10. The molecule has 0 saturated heterocycles. The second-order valence-corrected chi connectivity index (χ2v) is 4.78. The number of nitrogens with two attached hydrogens (primary N) is 1. The fourth-order valence-corrected chi connectivity index (χ4v) is 2.43. The SMILES string of the molecule is CCC(N)c1nc(-c2ccc([N+](=O)[O-])cc2)cs1. The highest BCUT2D eigenvalue weighted by Crippen LogP contribution is 2.26. The fourth-order valence-electron chi connectivity index (χ4n) is 1.52. The summed E-state index contributed by atoms with van der Waals surface area (Å²) in [5.41, 5.74) is 7.67. The van der Waals surface area contributed by atoms with Gasteiger partial charge >= 0.3 is 0 Å². The number of hydrogen-bond acceptors (Lipinski definition) is 5. The van der Waals surface area contributed by atoms with Gasteiger partial charge in [0.05, 0.1) is 16.7 Å². The maximum absolute atomic E-state index is 10.6. The summed E-state index contributed by atoms with van der Waals surface area (Å²) in [6, 6.07) is 6.33. The van der Waals surface area contributed by atoms with Gasteiger partial charge in [-0.3, -0.25) is 10.1 Å². The Morgan fingerprint density at radius 3 is 2.67 bits per heavy atom.